The summed E-state index contributed by atoms with van der Waals surface area (Å²) in [7, 11) is -0.245. The van der Waals surface area contributed by atoms with Crippen LogP contribution in [0, 0.1) is 6.92 Å². The lowest BCUT2D eigenvalue weighted by Crippen LogP contribution is -2.41. The van der Waals surface area contributed by atoms with Gasteiger partial charge in [-0.2, -0.15) is 0 Å². The molecule has 0 bridgehead atoms. The third kappa shape index (κ3) is 3.82. The van der Waals surface area contributed by atoms with Gasteiger partial charge in [0.1, 0.15) is 0 Å². The Bertz CT molecular complexity index is 402. The van der Waals surface area contributed by atoms with Gasteiger partial charge in [-0.1, -0.05) is 36.8 Å². The Labute approximate surface area is 117 Å². The Morgan fingerprint density at radius 2 is 1.58 bits per heavy atom. The SMILES string of the molecule is CCN.Cc1cccc(B2OC(C)(C)C(C)(C)O2)c1. The molecule has 1 aliphatic heterocycles. The van der Waals surface area contributed by atoms with E-state index < -0.39 is 0 Å². The summed E-state index contributed by atoms with van der Waals surface area (Å²) in [6.07, 6.45) is 0. The lowest BCUT2D eigenvalue weighted by molar-refractivity contribution is 0.00578. The molecular weight excluding hydrogens is 237 g/mol. The van der Waals surface area contributed by atoms with Gasteiger partial charge in [0.25, 0.3) is 0 Å². The summed E-state index contributed by atoms with van der Waals surface area (Å²) >= 11 is 0. The summed E-state index contributed by atoms with van der Waals surface area (Å²) in [5, 5.41) is 0. The fourth-order valence-corrected chi connectivity index (χ4v) is 1.80. The molecule has 0 saturated carbocycles. The van der Waals surface area contributed by atoms with Gasteiger partial charge in [0.15, 0.2) is 0 Å². The standard InChI is InChI=1S/C13H19BO2.C2H7N/c1-10-7-6-8-11(9-10)14-15-12(2,3)13(4,5)16-14;1-2-3/h6-9H,1-5H3;2-3H2,1H3. The highest BCUT2D eigenvalue weighted by molar-refractivity contribution is 6.62. The molecule has 1 saturated heterocycles. The van der Waals surface area contributed by atoms with Crippen LogP contribution < -0.4 is 11.2 Å². The predicted octanol–water partition coefficient (Wildman–Crippen LogP) is 2.26. The van der Waals surface area contributed by atoms with Crippen LogP contribution in [-0.4, -0.2) is 24.9 Å². The third-order valence-electron chi connectivity index (χ3n) is 3.57. The maximum Gasteiger partial charge on any atom is 0.494 e. The molecule has 19 heavy (non-hydrogen) atoms. The minimum absolute atomic E-state index is 0.245. The first-order valence-corrected chi connectivity index (χ1v) is 6.86. The van der Waals surface area contributed by atoms with Crippen LogP contribution in [0.4, 0.5) is 0 Å². The van der Waals surface area contributed by atoms with Crippen molar-refractivity contribution >= 4 is 12.6 Å². The molecule has 0 aromatic heterocycles. The summed E-state index contributed by atoms with van der Waals surface area (Å²) in [4.78, 5) is 0. The zero-order chi connectivity index (χ0) is 14.7. The van der Waals surface area contributed by atoms with Crippen molar-refractivity contribution in [1.29, 1.82) is 0 Å². The van der Waals surface area contributed by atoms with Gasteiger partial charge >= 0.3 is 7.12 Å². The zero-order valence-corrected chi connectivity index (χ0v) is 13.0. The molecule has 1 aromatic carbocycles. The average molecular weight is 263 g/mol. The molecule has 0 amide bonds. The number of hydrogen-bond acceptors (Lipinski definition) is 3. The van der Waals surface area contributed by atoms with E-state index >= 15 is 0 Å². The Kier molecular flexibility index (Phi) is 5.19. The van der Waals surface area contributed by atoms with E-state index in [9.17, 15) is 0 Å². The molecule has 1 heterocycles. The Morgan fingerprint density at radius 1 is 1.11 bits per heavy atom. The summed E-state index contributed by atoms with van der Waals surface area (Å²) < 4.78 is 12.0. The highest BCUT2D eigenvalue weighted by atomic mass is 16.7. The largest absolute Gasteiger partial charge is 0.494 e. The van der Waals surface area contributed by atoms with Crippen LogP contribution in [0.3, 0.4) is 0 Å². The van der Waals surface area contributed by atoms with E-state index in [0.29, 0.717) is 0 Å². The molecule has 2 rings (SSSR count). The van der Waals surface area contributed by atoms with Crippen molar-refractivity contribution in [3.8, 4) is 0 Å². The maximum absolute atomic E-state index is 5.98. The van der Waals surface area contributed by atoms with Crippen LogP contribution in [0.2, 0.25) is 0 Å². The van der Waals surface area contributed by atoms with Crippen molar-refractivity contribution in [3.63, 3.8) is 0 Å². The molecular formula is C15H26BNO2. The van der Waals surface area contributed by atoms with Crippen molar-refractivity contribution in [2.45, 2.75) is 52.7 Å². The molecule has 0 aliphatic carbocycles. The highest BCUT2D eigenvalue weighted by Crippen LogP contribution is 2.36. The quantitative estimate of drug-likeness (QED) is 0.790. The van der Waals surface area contributed by atoms with Gasteiger partial charge in [-0.15, -0.1) is 0 Å². The lowest BCUT2D eigenvalue weighted by atomic mass is 9.78. The lowest BCUT2D eigenvalue weighted by Gasteiger charge is -2.32. The van der Waals surface area contributed by atoms with Crippen molar-refractivity contribution in [1.82, 2.24) is 0 Å². The first-order chi connectivity index (χ1) is 8.73. The molecule has 0 spiro atoms. The van der Waals surface area contributed by atoms with Crippen molar-refractivity contribution in [2.75, 3.05) is 6.54 Å². The topological polar surface area (TPSA) is 44.5 Å². The second-order valence-electron chi connectivity index (χ2n) is 5.91. The number of aryl methyl sites for hydroxylation is 1. The summed E-state index contributed by atoms with van der Waals surface area (Å²) in [6, 6.07) is 8.28. The van der Waals surface area contributed by atoms with E-state index in [1.54, 1.807) is 0 Å². The van der Waals surface area contributed by atoms with Gasteiger partial charge < -0.3 is 15.0 Å². The van der Waals surface area contributed by atoms with E-state index in [1.165, 1.54) is 5.56 Å². The maximum atomic E-state index is 5.98. The first-order valence-electron chi connectivity index (χ1n) is 6.86. The van der Waals surface area contributed by atoms with E-state index in [2.05, 4.69) is 52.8 Å². The number of rotatable bonds is 1. The predicted molar refractivity (Wildman–Crippen MR) is 81.6 cm³/mol. The summed E-state index contributed by atoms with van der Waals surface area (Å²) in [5.41, 5.74) is 6.65. The van der Waals surface area contributed by atoms with Crippen molar-refractivity contribution in [3.05, 3.63) is 29.8 Å². The molecule has 0 unspecified atom stereocenters. The Morgan fingerprint density at radius 3 is 2.00 bits per heavy atom. The van der Waals surface area contributed by atoms with Crippen molar-refractivity contribution < 1.29 is 9.31 Å². The molecule has 1 fully saturated rings. The Hall–Kier alpha value is -0.835. The summed E-state index contributed by atoms with van der Waals surface area (Å²) in [5.74, 6) is 0. The number of nitrogens with two attached hydrogens (primary N) is 1. The third-order valence-corrected chi connectivity index (χ3v) is 3.57. The number of hydrogen-bond donors (Lipinski definition) is 1. The zero-order valence-electron chi connectivity index (χ0n) is 13.0. The van der Waals surface area contributed by atoms with Crippen molar-refractivity contribution in [2.24, 2.45) is 5.73 Å². The average Bonchev–Trinajstić information content (AvgIpc) is 2.49. The van der Waals surface area contributed by atoms with Gasteiger partial charge in [-0.05, 0) is 46.6 Å². The van der Waals surface area contributed by atoms with Crippen LogP contribution in [0.1, 0.15) is 40.2 Å². The summed E-state index contributed by atoms with van der Waals surface area (Å²) in [6.45, 7) is 13.0. The van der Waals surface area contributed by atoms with Gasteiger partial charge in [-0.25, -0.2) is 0 Å². The molecule has 1 aliphatic rings. The molecule has 2 N–H and O–H groups in total. The fourth-order valence-electron chi connectivity index (χ4n) is 1.80. The van der Waals surface area contributed by atoms with E-state index in [0.717, 1.165) is 12.0 Å². The molecule has 106 valence electrons. The van der Waals surface area contributed by atoms with Gasteiger partial charge in [-0.3, -0.25) is 0 Å². The second kappa shape index (κ2) is 6.08. The molecule has 1 aromatic rings. The highest BCUT2D eigenvalue weighted by Gasteiger charge is 2.51. The van der Waals surface area contributed by atoms with Gasteiger partial charge in [0, 0.05) is 0 Å². The first kappa shape index (κ1) is 16.2. The molecule has 4 heteroatoms. The smallest absolute Gasteiger partial charge is 0.399 e. The van der Waals surface area contributed by atoms with Crippen LogP contribution in [0.25, 0.3) is 0 Å². The van der Waals surface area contributed by atoms with E-state index in [1.807, 2.05) is 13.0 Å². The van der Waals surface area contributed by atoms with Crippen LogP contribution in [0.5, 0.6) is 0 Å². The van der Waals surface area contributed by atoms with Crippen LogP contribution in [-0.2, 0) is 9.31 Å². The fraction of sp³-hybridized carbons (Fsp3) is 0.600. The number of benzene rings is 1. The van der Waals surface area contributed by atoms with Crippen LogP contribution >= 0.6 is 0 Å². The molecule has 0 atom stereocenters. The van der Waals surface area contributed by atoms with Crippen LogP contribution in [0.15, 0.2) is 24.3 Å². The molecule has 0 radical (unpaired) electrons. The second-order valence-corrected chi connectivity index (χ2v) is 5.91. The van der Waals surface area contributed by atoms with Gasteiger partial charge in [0.05, 0.1) is 11.2 Å². The monoisotopic (exact) mass is 263 g/mol. The Balaban J connectivity index is 0.000000550. The van der Waals surface area contributed by atoms with Gasteiger partial charge in [0.2, 0.25) is 0 Å². The molecule has 3 nitrogen and oxygen atoms in total. The minimum atomic E-state index is -0.262. The normalized spacial score (nSPS) is 19.8. The minimum Gasteiger partial charge on any atom is -0.399 e. The van der Waals surface area contributed by atoms with E-state index in [-0.39, 0.29) is 18.3 Å². The van der Waals surface area contributed by atoms with E-state index in [4.69, 9.17) is 15.0 Å².